The summed E-state index contributed by atoms with van der Waals surface area (Å²) in [6, 6.07) is 11.4. The third kappa shape index (κ3) is 2.89. The highest BCUT2D eigenvalue weighted by Crippen LogP contribution is 2.32. The van der Waals surface area contributed by atoms with Gasteiger partial charge < -0.3 is 0 Å². The molecular formula is C15H10Cl3IN2. The minimum atomic E-state index is -0.220. The van der Waals surface area contributed by atoms with E-state index in [1.807, 2.05) is 47.9 Å². The Morgan fingerprint density at radius 1 is 1.10 bits per heavy atom. The van der Waals surface area contributed by atoms with Crippen molar-refractivity contribution in [3.63, 3.8) is 0 Å². The molecule has 6 heteroatoms. The summed E-state index contributed by atoms with van der Waals surface area (Å²) in [5.74, 6) is 0.786. The van der Waals surface area contributed by atoms with Gasteiger partial charge in [-0.25, -0.2) is 4.98 Å². The van der Waals surface area contributed by atoms with E-state index < -0.39 is 0 Å². The van der Waals surface area contributed by atoms with E-state index in [2.05, 4.69) is 27.6 Å². The summed E-state index contributed by atoms with van der Waals surface area (Å²) >= 11 is 20.7. The van der Waals surface area contributed by atoms with E-state index in [9.17, 15) is 0 Å². The molecule has 0 aliphatic heterocycles. The Balaban J connectivity index is 2.38. The summed E-state index contributed by atoms with van der Waals surface area (Å²) in [4.78, 5) is 4.63. The molecule has 0 saturated carbocycles. The molecule has 2 aromatic carbocycles. The third-order valence-electron chi connectivity index (χ3n) is 3.15. The summed E-state index contributed by atoms with van der Waals surface area (Å²) in [6.07, 6.45) is 0. The topological polar surface area (TPSA) is 17.8 Å². The van der Waals surface area contributed by atoms with Crippen LogP contribution >= 0.6 is 57.4 Å². The van der Waals surface area contributed by atoms with Gasteiger partial charge in [0.1, 0.15) is 5.82 Å². The van der Waals surface area contributed by atoms with Crippen LogP contribution in [0.15, 0.2) is 36.4 Å². The molecule has 1 heterocycles. The zero-order valence-electron chi connectivity index (χ0n) is 10.9. The summed E-state index contributed by atoms with van der Waals surface area (Å²) in [5.41, 5.74) is 2.80. The molecule has 0 fully saturated rings. The van der Waals surface area contributed by atoms with Crippen LogP contribution < -0.4 is 0 Å². The standard InChI is InChI=1S/C15H10Cl3IN2/c1-8(16)15-20-12-4-2-10(18)7-14(12)21(15)13-5-3-9(17)6-11(13)19/h2-8H,1H3. The summed E-state index contributed by atoms with van der Waals surface area (Å²) in [6.45, 7) is 1.91. The van der Waals surface area contributed by atoms with Gasteiger partial charge in [-0.2, -0.15) is 0 Å². The number of alkyl halides is 1. The molecule has 21 heavy (non-hydrogen) atoms. The number of benzene rings is 2. The Hall–Kier alpha value is -0.490. The normalized spacial score (nSPS) is 12.8. The lowest BCUT2D eigenvalue weighted by molar-refractivity contribution is 0.880. The highest BCUT2D eigenvalue weighted by atomic mass is 127. The van der Waals surface area contributed by atoms with Crippen LogP contribution in [0, 0.1) is 3.57 Å². The lowest BCUT2D eigenvalue weighted by Gasteiger charge is -2.13. The fourth-order valence-electron chi connectivity index (χ4n) is 2.25. The molecule has 3 rings (SSSR count). The SMILES string of the molecule is CC(Cl)c1nc2ccc(Cl)cc2n1-c1ccc(Cl)cc1I. The van der Waals surface area contributed by atoms with Crippen molar-refractivity contribution >= 4 is 68.4 Å². The number of aromatic nitrogens is 2. The average Bonchev–Trinajstić information content (AvgIpc) is 2.77. The molecule has 0 aliphatic carbocycles. The van der Waals surface area contributed by atoms with E-state index in [-0.39, 0.29) is 5.38 Å². The van der Waals surface area contributed by atoms with E-state index in [1.165, 1.54) is 0 Å². The van der Waals surface area contributed by atoms with Crippen molar-refractivity contribution < 1.29 is 0 Å². The van der Waals surface area contributed by atoms with Gasteiger partial charge in [-0.1, -0.05) is 23.2 Å². The van der Waals surface area contributed by atoms with Gasteiger partial charge in [-0.3, -0.25) is 4.57 Å². The molecular weight excluding hydrogens is 441 g/mol. The Bertz CT molecular complexity index is 827. The van der Waals surface area contributed by atoms with E-state index in [0.29, 0.717) is 10.0 Å². The molecule has 0 radical (unpaired) electrons. The van der Waals surface area contributed by atoms with Crippen LogP contribution in [0.4, 0.5) is 0 Å². The average molecular weight is 452 g/mol. The largest absolute Gasteiger partial charge is 0.294 e. The number of hydrogen-bond donors (Lipinski definition) is 0. The minimum absolute atomic E-state index is 0.220. The van der Waals surface area contributed by atoms with E-state index in [1.54, 1.807) is 0 Å². The molecule has 1 aromatic heterocycles. The van der Waals surface area contributed by atoms with Crippen LogP contribution in [0.1, 0.15) is 18.1 Å². The van der Waals surface area contributed by atoms with Crippen molar-refractivity contribution in [2.24, 2.45) is 0 Å². The monoisotopic (exact) mass is 450 g/mol. The van der Waals surface area contributed by atoms with Gasteiger partial charge in [-0.05, 0) is 65.9 Å². The van der Waals surface area contributed by atoms with Gasteiger partial charge in [0.2, 0.25) is 0 Å². The van der Waals surface area contributed by atoms with Crippen molar-refractivity contribution in [1.29, 1.82) is 0 Å². The number of imidazole rings is 1. The van der Waals surface area contributed by atoms with Crippen LogP contribution in [-0.4, -0.2) is 9.55 Å². The Morgan fingerprint density at radius 2 is 1.76 bits per heavy atom. The number of halogens is 4. The molecule has 108 valence electrons. The van der Waals surface area contributed by atoms with Gasteiger partial charge in [-0.15, -0.1) is 11.6 Å². The maximum absolute atomic E-state index is 6.31. The van der Waals surface area contributed by atoms with Crippen LogP contribution in [-0.2, 0) is 0 Å². The van der Waals surface area contributed by atoms with Crippen molar-refractivity contribution in [2.75, 3.05) is 0 Å². The third-order valence-corrected chi connectivity index (χ3v) is 4.68. The van der Waals surface area contributed by atoms with Gasteiger partial charge >= 0.3 is 0 Å². The molecule has 0 spiro atoms. The molecule has 0 N–H and O–H groups in total. The first kappa shape index (κ1) is 15.4. The maximum Gasteiger partial charge on any atom is 0.132 e. The second kappa shape index (κ2) is 5.95. The second-order valence-corrected chi connectivity index (χ2v) is 7.34. The van der Waals surface area contributed by atoms with Crippen molar-refractivity contribution in [3.05, 3.63) is 55.8 Å². The predicted molar refractivity (Wildman–Crippen MR) is 98.1 cm³/mol. The summed E-state index contributed by atoms with van der Waals surface area (Å²) < 4.78 is 3.06. The van der Waals surface area contributed by atoms with Crippen LogP contribution in [0.3, 0.4) is 0 Å². The zero-order chi connectivity index (χ0) is 15.1. The quantitative estimate of drug-likeness (QED) is 0.333. The summed E-state index contributed by atoms with van der Waals surface area (Å²) in [5, 5.41) is 1.15. The molecule has 3 aromatic rings. The minimum Gasteiger partial charge on any atom is -0.294 e. The van der Waals surface area contributed by atoms with Gasteiger partial charge in [0.15, 0.2) is 0 Å². The first-order valence-corrected chi connectivity index (χ1v) is 8.52. The predicted octanol–water partition coefficient (Wildman–Crippen LogP) is 6.24. The first-order valence-electron chi connectivity index (χ1n) is 6.25. The van der Waals surface area contributed by atoms with Gasteiger partial charge in [0.25, 0.3) is 0 Å². The highest BCUT2D eigenvalue weighted by molar-refractivity contribution is 14.1. The van der Waals surface area contributed by atoms with E-state index in [0.717, 1.165) is 26.1 Å². The number of nitrogens with zero attached hydrogens (tertiary/aromatic N) is 2. The molecule has 0 saturated heterocycles. The lowest BCUT2D eigenvalue weighted by Crippen LogP contribution is -2.03. The molecule has 0 amide bonds. The Kier molecular flexibility index (Phi) is 4.37. The van der Waals surface area contributed by atoms with Gasteiger partial charge in [0, 0.05) is 13.6 Å². The van der Waals surface area contributed by atoms with Crippen LogP contribution in [0.25, 0.3) is 16.7 Å². The van der Waals surface area contributed by atoms with E-state index in [4.69, 9.17) is 34.8 Å². The van der Waals surface area contributed by atoms with Gasteiger partial charge in [0.05, 0.1) is 22.1 Å². The zero-order valence-corrected chi connectivity index (χ0v) is 15.4. The lowest BCUT2D eigenvalue weighted by atomic mass is 10.2. The highest BCUT2D eigenvalue weighted by Gasteiger charge is 2.18. The molecule has 0 bridgehead atoms. The Morgan fingerprint density at radius 3 is 2.43 bits per heavy atom. The van der Waals surface area contributed by atoms with Crippen molar-refractivity contribution in [3.8, 4) is 5.69 Å². The van der Waals surface area contributed by atoms with E-state index >= 15 is 0 Å². The molecule has 0 aliphatic rings. The number of hydrogen-bond acceptors (Lipinski definition) is 1. The first-order chi connectivity index (χ1) is 9.97. The maximum atomic E-state index is 6.31. The van der Waals surface area contributed by atoms with Crippen molar-refractivity contribution in [2.45, 2.75) is 12.3 Å². The molecule has 2 nitrogen and oxygen atoms in total. The fourth-order valence-corrected chi connectivity index (χ4v) is 3.68. The smallest absolute Gasteiger partial charge is 0.132 e. The number of rotatable bonds is 2. The van der Waals surface area contributed by atoms with Crippen molar-refractivity contribution in [1.82, 2.24) is 9.55 Å². The summed E-state index contributed by atoms with van der Waals surface area (Å²) in [7, 11) is 0. The van der Waals surface area contributed by atoms with Crippen LogP contribution in [0.2, 0.25) is 10.0 Å². The number of fused-ring (bicyclic) bond motifs is 1. The Labute approximate surface area is 151 Å². The fraction of sp³-hybridized carbons (Fsp3) is 0.133. The second-order valence-electron chi connectivity index (χ2n) is 4.65. The molecule has 1 atom stereocenters. The molecule has 1 unspecified atom stereocenters. The van der Waals surface area contributed by atoms with Crippen LogP contribution in [0.5, 0.6) is 0 Å².